The lowest BCUT2D eigenvalue weighted by molar-refractivity contribution is -0.120. The van der Waals surface area contributed by atoms with Crippen molar-refractivity contribution in [3.05, 3.63) is 32.6 Å². The molecule has 9 nitrogen and oxygen atoms in total. The first kappa shape index (κ1) is 17.3. The van der Waals surface area contributed by atoms with E-state index in [1.807, 2.05) is 6.92 Å². The number of aryl methyl sites for hydroxylation is 1. The van der Waals surface area contributed by atoms with Crippen molar-refractivity contribution in [1.82, 2.24) is 9.55 Å². The molecule has 1 aliphatic rings. The average molecular weight is 333 g/mol. The maximum atomic E-state index is 12.1. The van der Waals surface area contributed by atoms with Gasteiger partial charge in [0.05, 0.1) is 12.7 Å². The van der Waals surface area contributed by atoms with Crippen molar-refractivity contribution in [3.63, 3.8) is 0 Å². The van der Waals surface area contributed by atoms with Gasteiger partial charge in [-0.2, -0.15) is 0 Å². The summed E-state index contributed by atoms with van der Waals surface area (Å²) in [6.45, 7) is 3.05. The van der Waals surface area contributed by atoms with Crippen LogP contribution < -0.4 is 16.8 Å². The van der Waals surface area contributed by atoms with Crippen LogP contribution in [0.3, 0.4) is 0 Å². The van der Waals surface area contributed by atoms with Gasteiger partial charge in [0, 0.05) is 18.2 Å². The van der Waals surface area contributed by atoms with Crippen LogP contribution in [0.25, 0.3) is 0 Å². The number of hydrogen-bond donors (Lipinski definition) is 4. The second kappa shape index (κ2) is 6.57. The number of aromatic amines is 1. The molecule has 2 rings (SSSR count). The molecule has 5 N–H and O–H groups in total. The minimum atomic E-state index is -2.11. The number of aromatic nitrogens is 2. The van der Waals surface area contributed by atoms with Crippen molar-refractivity contribution in [2.24, 2.45) is 5.50 Å². The van der Waals surface area contributed by atoms with Gasteiger partial charge in [-0.05, 0) is 13.3 Å². The van der Waals surface area contributed by atoms with Crippen molar-refractivity contribution in [2.75, 3.05) is 6.61 Å². The number of aliphatic hydroxyl groups excluding tert-OH is 1. The van der Waals surface area contributed by atoms with Crippen LogP contribution in [0.4, 0.5) is 0 Å². The van der Waals surface area contributed by atoms with E-state index in [1.165, 1.54) is 10.8 Å². The number of rotatable bonds is 5. The van der Waals surface area contributed by atoms with E-state index in [-0.39, 0.29) is 13.0 Å². The summed E-state index contributed by atoms with van der Waals surface area (Å²) in [5, 5.41) is 9.43. The molecule has 0 aromatic carbocycles. The third-order valence-electron chi connectivity index (χ3n) is 3.84. The molecule has 1 aromatic heterocycles. The van der Waals surface area contributed by atoms with Gasteiger partial charge >= 0.3 is 5.69 Å². The molecule has 2 heterocycles. The monoisotopic (exact) mass is 333 g/mol. The first-order chi connectivity index (χ1) is 10.3. The molecule has 1 fully saturated rings. The molecule has 0 spiro atoms. The molecule has 1 unspecified atom stereocenters. The van der Waals surface area contributed by atoms with E-state index in [4.69, 9.17) is 14.8 Å². The Morgan fingerprint density at radius 1 is 1.64 bits per heavy atom. The van der Waals surface area contributed by atoms with Gasteiger partial charge < -0.3 is 19.3 Å². The van der Waals surface area contributed by atoms with Crippen LogP contribution in [0.2, 0.25) is 0 Å². The lowest BCUT2D eigenvalue weighted by Crippen LogP contribution is -2.44. The molecule has 0 amide bonds. The zero-order valence-electron chi connectivity index (χ0n) is 12.4. The molecule has 1 aliphatic heterocycles. The SMILES string of the molecule is CC[C@]1(n2cc(C)c(=O)[nH]c2=O)C[C@H](OP(N)O)[C@@H](CO)O1. The van der Waals surface area contributed by atoms with E-state index >= 15 is 0 Å². The molecular formula is C12H20N3O6P. The first-order valence-corrected chi connectivity index (χ1v) is 8.13. The Morgan fingerprint density at radius 3 is 2.86 bits per heavy atom. The lowest BCUT2D eigenvalue weighted by atomic mass is 10.0. The summed E-state index contributed by atoms with van der Waals surface area (Å²) >= 11 is 0. The normalized spacial score (nSPS) is 29.7. The highest BCUT2D eigenvalue weighted by atomic mass is 31.2. The van der Waals surface area contributed by atoms with E-state index in [0.29, 0.717) is 12.0 Å². The first-order valence-electron chi connectivity index (χ1n) is 6.85. The van der Waals surface area contributed by atoms with Crippen LogP contribution in [0.15, 0.2) is 15.8 Å². The highest BCUT2D eigenvalue weighted by Gasteiger charge is 2.48. The van der Waals surface area contributed by atoms with Crippen LogP contribution in [-0.2, 0) is 15.0 Å². The summed E-state index contributed by atoms with van der Waals surface area (Å²) in [5.74, 6) is 0. The maximum absolute atomic E-state index is 12.1. The number of nitrogens with zero attached hydrogens (tertiary/aromatic N) is 1. The third kappa shape index (κ3) is 3.15. The Labute approximate surface area is 127 Å². The van der Waals surface area contributed by atoms with Crippen molar-refractivity contribution in [3.8, 4) is 0 Å². The van der Waals surface area contributed by atoms with Crippen LogP contribution in [0.5, 0.6) is 0 Å². The molecule has 124 valence electrons. The fourth-order valence-electron chi connectivity index (χ4n) is 2.67. The Hall–Kier alpha value is -1.09. The summed E-state index contributed by atoms with van der Waals surface area (Å²) < 4.78 is 12.3. The Morgan fingerprint density at radius 2 is 2.32 bits per heavy atom. The minimum absolute atomic E-state index is 0.219. The van der Waals surface area contributed by atoms with Crippen LogP contribution in [0, 0.1) is 6.92 Å². The van der Waals surface area contributed by atoms with Gasteiger partial charge in [-0.15, -0.1) is 0 Å². The second-order valence-electron chi connectivity index (χ2n) is 5.23. The molecule has 0 radical (unpaired) electrons. The highest BCUT2D eigenvalue weighted by Crippen LogP contribution is 2.41. The van der Waals surface area contributed by atoms with Gasteiger partial charge in [0.25, 0.3) is 5.56 Å². The summed E-state index contributed by atoms with van der Waals surface area (Å²) in [5.41, 5.74) is 3.50. The second-order valence-corrected chi connectivity index (χ2v) is 6.05. The predicted molar refractivity (Wildman–Crippen MR) is 79.1 cm³/mol. The van der Waals surface area contributed by atoms with E-state index < -0.39 is 37.7 Å². The summed E-state index contributed by atoms with van der Waals surface area (Å²) in [4.78, 5) is 35.1. The zero-order valence-corrected chi connectivity index (χ0v) is 13.2. The number of H-pyrrole nitrogens is 1. The van der Waals surface area contributed by atoms with Crippen LogP contribution in [0.1, 0.15) is 25.3 Å². The average Bonchev–Trinajstić information content (AvgIpc) is 2.81. The largest absolute Gasteiger partial charge is 0.394 e. The third-order valence-corrected chi connectivity index (χ3v) is 4.33. The zero-order chi connectivity index (χ0) is 16.5. The van der Waals surface area contributed by atoms with Gasteiger partial charge in [0.15, 0.2) is 5.72 Å². The number of hydrogen-bond acceptors (Lipinski definition) is 7. The molecule has 0 aliphatic carbocycles. The summed E-state index contributed by atoms with van der Waals surface area (Å²) in [6.07, 6.45) is 0.676. The van der Waals surface area contributed by atoms with Crippen LogP contribution in [-0.4, -0.2) is 38.4 Å². The van der Waals surface area contributed by atoms with Crippen molar-refractivity contribution in [2.45, 2.75) is 44.6 Å². The van der Waals surface area contributed by atoms with Crippen molar-refractivity contribution >= 4 is 8.53 Å². The van der Waals surface area contributed by atoms with E-state index in [0.717, 1.165) is 0 Å². The van der Waals surface area contributed by atoms with E-state index in [2.05, 4.69) is 4.98 Å². The fourth-order valence-corrected chi connectivity index (χ4v) is 3.16. The van der Waals surface area contributed by atoms with E-state index in [1.54, 1.807) is 6.92 Å². The number of ether oxygens (including phenoxy) is 1. The number of nitrogens with two attached hydrogens (primary N) is 1. The molecule has 0 saturated carbocycles. The van der Waals surface area contributed by atoms with Crippen molar-refractivity contribution in [1.29, 1.82) is 0 Å². The fraction of sp³-hybridized carbons (Fsp3) is 0.667. The molecule has 4 atom stereocenters. The topological polar surface area (TPSA) is 140 Å². The number of aliphatic hydroxyl groups is 1. The Balaban J connectivity index is 2.44. The summed E-state index contributed by atoms with van der Waals surface area (Å²) in [7, 11) is -2.11. The smallest absolute Gasteiger partial charge is 0.330 e. The quantitative estimate of drug-likeness (QED) is 0.520. The molecule has 0 bridgehead atoms. The molecule has 1 saturated heterocycles. The Kier molecular flexibility index (Phi) is 5.16. The van der Waals surface area contributed by atoms with E-state index in [9.17, 15) is 19.6 Å². The molecule has 1 aromatic rings. The summed E-state index contributed by atoms with van der Waals surface area (Å²) in [6, 6.07) is 0. The van der Waals surface area contributed by atoms with Crippen LogP contribution >= 0.6 is 8.53 Å². The minimum Gasteiger partial charge on any atom is -0.394 e. The highest BCUT2D eigenvalue weighted by molar-refractivity contribution is 7.43. The van der Waals surface area contributed by atoms with Gasteiger partial charge in [-0.3, -0.25) is 19.8 Å². The molecular weight excluding hydrogens is 313 g/mol. The Bertz CT molecular complexity index is 644. The van der Waals surface area contributed by atoms with Gasteiger partial charge in [0.2, 0.25) is 8.53 Å². The maximum Gasteiger partial charge on any atom is 0.330 e. The predicted octanol–water partition coefficient (Wildman–Crippen LogP) is -0.748. The van der Waals surface area contributed by atoms with Crippen molar-refractivity contribution < 1.29 is 19.3 Å². The van der Waals surface area contributed by atoms with Gasteiger partial charge in [0.1, 0.15) is 6.10 Å². The van der Waals surface area contributed by atoms with Gasteiger partial charge in [-0.1, -0.05) is 6.92 Å². The molecule has 10 heteroatoms. The van der Waals surface area contributed by atoms with Gasteiger partial charge in [-0.25, -0.2) is 4.79 Å². The lowest BCUT2D eigenvalue weighted by Gasteiger charge is -2.30. The molecule has 22 heavy (non-hydrogen) atoms. The standard InChI is InChI=1S/C12H20N3O6P/c1-3-12(15-5-7(2)10(17)14-11(15)18)4-8(21-22(13)19)9(6-16)20-12/h5,8-9,16,19H,3-4,6,13H2,1-2H3,(H,14,17,18)/t8-,9+,12+,22?/m0/s1. The number of nitrogens with one attached hydrogen (secondary N) is 1.